The molecule has 0 heterocycles. The second-order valence-electron chi connectivity index (χ2n) is 2.56. The van der Waals surface area contributed by atoms with Gasteiger partial charge in [0.1, 0.15) is 17.1 Å². The fourth-order valence-corrected chi connectivity index (χ4v) is 0.977. The van der Waals surface area contributed by atoms with Gasteiger partial charge in [-0.2, -0.15) is 0 Å². The highest BCUT2D eigenvalue weighted by Gasteiger charge is 2.33. The zero-order chi connectivity index (χ0) is 11.6. The Morgan fingerprint density at radius 1 is 1.40 bits per heavy atom. The Kier molecular flexibility index (Phi) is 2.74. The molecule has 1 aromatic rings. The third-order valence-corrected chi connectivity index (χ3v) is 1.48. The molecular formula is C8H6F3NO3. The van der Waals surface area contributed by atoms with Gasteiger partial charge in [-0.3, -0.25) is 4.79 Å². The van der Waals surface area contributed by atoms with Crippen LogP contribution in [0.5, 0.6) is 11.5 Å². The van der Waals surface area contributed by atoms with Crippen LogP contribution in [-0.2, 0) is 0 Å². The van der Waals surface area contributed by atoms with Gasteiger partial charge in [-0.15, -0.1) is 13.2 Å². The number of halogens is 3. The number of benzene rings is 1. The molecular weight excluding hydrogens is 215 g/mol. The van der Waals surface area contributed by atoms with Gasteiger partial charge in [0.25, 0.3) is 5.91 Å². The molecule has 82 valence electrons. The van der Waals surface area contributed by atoms with E-state index in [2.05, 4.69) is 4.74 Å². The molecule has 0 saturated carbocycles. The summed E-state index contributed by atoms with van der Waals surface area (Å²) < 4.78 is 39.1. The van der Waals surface area contributed by atoms with E-state index >= 15 is 0 Å². The number of hydrogen-bond acceptors (Lipinski definition) is 3. The van der Waals surface area contributed by atoms with Crippen LogP contribution in [0.1, 0.15) is 10.4 Å². The Morgan fingerprint density at radius 3 is 2.47 bits per heavy atom. The molecule has 0 aliphatic rings. The number of rotatable bonds is 2. The van der Waals surface area contributed by atoms with Gasteiger partial charge in [0.15, 0.2) is 0 Å². The molecule has 15 heavy (non-hydrogen) atoms. The zero-order valence-electron chi connectivity index (χ0n) is 7.21. The lowest BCUT2D eigenvalue weighted by Gasteiger charge is -2.11. The molecule has 1 amide bonds. The molecule has 1 rings (SSSR count). The second-order valence-corrected chi connectivity index (χ2v) is 2.56. The van der Waals surface area contributed by atoms with Crippen molar-refractivity contribution >= 4 is 5.91 Å². The van der Waals surface area contributed by atoms with Gasteiger partial charge < -0.3 is 15.6 Å². The van der Waals surface area contributed by atoms with Crippen LogP contribution in [0.25, 0.3) is 0 Å². The van der Waals surface area contributed by atoms with Crippen LogP contribution in [0.15, 0.2) is 18.2 Å². The maximum Gasteiger partial charge on any atom is 0.573 e. The minimum Gasteiger partial charge on any atom is -0.507 e. The van der Waals surface area contributed by atoms with Crippen LogP contribution < -0.4 is 10.5 Å². The number of alkyl halides is 3. The van der Waals surface area contributed by atoms with E-state index in [1.165, 1.54) is 0 Å². The normalized spacial score (nSPS) is 11.1. The van der Waals surface area contributed by atoms with Crippen molar-refractivity contribution in [3.8, 4) is 11.5 Å². The molecule has 0 fully saturated rings. The maximum atomic E-state index is 11.9. The van der Waals surface area contributed by atoms with Crippen molar-refractivity contribution in [1.29, 1.82) is 0 Å². The van der Waals surface area contributed by atoms with E-state index in [9.17, 15) is 18.0 Å². The Bertz CT molecular complexity index is 389. The largest absolute Gasteiger partial charge is 0.573 e. The molecule has 0 radical (unpaired) electrons. The van der Waals surface area contributed by atoms with Crippen LogP contribution >= 0.6 is 0 Å². The van der Waals surface area contributed by atoms with Crippen molar-refractivity contribution in [2.75, 3.05) is 0 Å². The summed E-state index contributed by atoms with van der Waals surface area (Å²) in [5, 5.41) is 9.11. The Hall–Kier alpha value is -1.92. The van der Waals surface area contributed by atoms with E-state index in [0.717, 1.165) is 18.2 Å². The fraction of sp³-hybridized carbons (Fsp3) is 0.125. The fourth-order valence-electron chi connectivity index (χ4n) is 0.977. The van der Waals surface area contributed by atoms with E-state index in [-0.39, 0.29) is 0 Å². The predicted molar refractivity (Wildman–Crippen MR) is 43.3 cm³/mol. The number of ether oxygens (including phenoxy) is 1. The smallest absolute Gasteiger partial charge is 0.507 e. The minimum atomic E-state index is -4.95. The van der Waals surface area contributed by atoms with E-state index in [1.807, 2.05) is 0 Å². The topological polar surface area (TPSA) is 72.6 Å². The van der Waals surface area contributed by atoms with Crippen molar-refractivity contribution in [3.63, 3.8) is 0 Å². The van der Waals surface area contributed by atoms with Gasteiger partial charge in [-0.05, 0) is 12.1 Å². The van der Waals surface area contributed by atoms with Crippen molar-refractivity contribution in [2.24, 2.45) is 5.73 Å². The van der Waals surface area contributed by atoms with Gasteiger partial charge in [0.2, 0.25) is 0 Å². The Balaban J connectivity index is 3.18. The second kappa shape index (κ2) is 3.68. The Labute approximate surface area is 82.1 Å². The quantitative estimate of drug-likeness (QED) is 0.792. The van der Waals surface area contributed by atoms with Gasteiger partial charge in [0, 0.05) is 0 Å². The number of aromatic hydroxyl groups is 1. The van der Waals surface area contributed by atoms with E-state index < -0.39 is 29.3 Å². The molecule has 0 aromatic heterocycles. The minimum absolute atomic E-state index is 0.663. The first-order valence-electron chi connectivity index (χ1n) is 3.69. The molecule has 7 heteroatoms. The molecule has 0 aliphatic carbocycles. The summed E-state index contributed by atoms with van der Waals surface area (Å²) in [5.74, 6) is -2.69. The molecule has 0 aliphatic heterocycles. The van der Waals surface area contributed by atoms with Gasteiger partial charge in [0.05, 0.1) is 0 Å². The van der Waals surface area contributed by atoms with Crippen LogP contribution in [0.4, 0.5) is 13.2 Å². The summed E-state index contributed by atoms with van der Waals surface area (Å²) in [6, 6.07) is 3.01. The van der Waals surface area contributed by atoms with E-state index in [0.29, 0.717) is 0 Å². The summed E-state index contributed by atoms with van der Waals surface area (Å²) in [5.41, 5.74) is 4.09. The first kappa shape index (κ1) is 11.2. The third kappa shape index (κ3) is 2.76. The number of phenols is 1. The van der Waals surface area contributed by atoms with Crippen molar-refractivity contribution in [1.82, 2.24) is 0 Å². The van der Waals surface area contributed by atoms with Gasteiger partial charge in [-0.1, -0.05) is 6.07 Å². The molecule has 1 aromatic carbocycles. The molecule has 3 N–H and O–H groups in total. The van der Waals surface area contributed by atoms with E-state index in [4.69, 9.17) is 10.8 Å². The number of primary amides is 1. The van der Waals surface area contributed by atoms with Gasteiger partial charge in [-0.25, -0.2) is 0 Å². The van der Waals surface area contributed by atoms with Crippen LogP contribution in [0, 0.1) is 0 Å². The first-order chi connectivity index (χ1) is 6.81. The summed E-state index contributed by atoms with van der Waals surface area (Å²) >= 11 is 0. The molecule has 0 bridgehead atoms. The lowest BCUT2D eigenvalue weighted by molar-refractivity contribution is -0.274. The van der Waals surface area contributed by atoms with Crippen molar-refractivity contribution in [2.45, 2.75) is 6.36 Å². The average Bonchev–Trinajstić information content (AvgIpc) is 1.99. The van der Waals surface area contributed by atoms with Crippen LogP contribution in [0.3, 0.4) is 0 Å². The standard InChI is InChI=1S/C8H6F3NO3/c9-8(10,11)15-5-3-1-2-4(13)6(5)7(12)14/h1-3,13H,(H2,12,14). The highest BCUT2D eigenvalue weighted by Crippen LogP contribution is 2.31. The van der Waals surface area contributed by atoms with Gasteiger partial charge >= 0.3 is 6.36 Å². The van der Waals surface area contributed by atoms with Crippen LogP contribution in [-0.4, -0.2) is 17.4 Å². The van der Waals surface area contributed by atoms with Crippen molar-refractivity contribution in [3.05, 3.63) is 23.8 Å². The summed E-state index contributed by atoms with van der Waals surface area (Å²) in [4.78, 5) is 10.7. The number of carbonyl (C=O) groups is 1. The average molecular weight is 221 g/mol. The SMILES string of the molecule is NC(=O)c1c(O)cccc1OC(F)(F)F. The number of amides is 1. The molecule has 0 unspecified atom stereocenters. The highest BCUT2D eigenvalue weighted by atomic mass is 19.4. The first-order valence-corrected chi connectivity index (χ1v) is 3.69. The predicted octanol–water partition coefficient (Wildman–Crippen LogP) is 1.39. The monoisotopic (exact) mass is 221 g/mol. The molecule has 0 spiro atoms. The summed E-state index contributed by atoms with van der Waals surface area (Å²) in [6.45, 7) is 0. The number of carbonyl (C=O) groups excluding carboxylic acids is 1. The summed E-state index contributed by atoms with van der Waals surface area (Å²) in [6.07, 6.45) is -4.95. The molecule has 0 saturated heterocycles. The lowest BCUT2D eigenvalue weighted by atomic mass is 10.1. The molecule has 4 nitrogen and oxygen atoms in total. The van der Waals surface area contributed by atoms with Crippen molar-refractivity contribution < 1.29 is 27.8 Å². The maximum absolute atomic E-state index is 11.9. The number of hydrogen-bond donors (Lipinski definition) is 2. The van der Waals surface area contributed by atoms with E-state index in [1.54, 1.807) is 0 Å². The highest BCUT2D eigenvalue weighted by molar-refractivity contribution is 5.98. The summed E-state index contributed by atoms with van der Waals surface area (Å²) in [7, 11) is 0. The van der Waals surface area contributed by atoms with Crippen LogP contribution in [0.2, 0.25) is 0 Å². The zero-order valence-corrected chi connectivity index (χ0v) is 7.21. The Morgan fingerprint density at radius 2 is 2.00 bits per heavy atom. The number of nitrogens with two attached hydrogens (primary N) is 1. The molecule has 0 atom stereocenters. The lowest BCUT2D eigenvalue weighted by Crippen LogP contribution is -2.21. The third-order valence-electron chi connectivity index (χ3n) is 1.48.